The zero-order valence-electron chi connectivity index (χ0n) is 17.5. The van der Waals surface area contributed by atoms with Crippen LogP contribution in [0.2, 0.25) is 0 Å². The van der Waals surface area contributed by atoms with Gasteiger partial charge in [-0.2, -0.15) is 0 Å². The maximum Gasteiger partial charge on any atom is 0.338 e. The number of aryl methyl sites for hydroxylation is 1. The van der Waals surface area contributed by atoms with Crippen molar-refractivity contribution >= 4 is 23.5 Å². The Labute approximate surface area is 180 Å². The number of esters is 1. The maximum absolute atomic E-state index is 12.5. The molecule has 0 unspecified atom stereocenters. The molecule has 3 aromatic rings. The molecule has 1 N–H and O–H groups in total. The van der Waals surface area contributed by atoms with E-state index in [2.05, 4.69) is 5.32 Å². The number of nitrogens with one attached hydrogen (secondary N) is 1. The van der Waals surface area contributed by atoms with Gasteiger partial charge in [-0.05, 0) is 49.2 Å². The summed E-state index contributed by atoms with van der Waals surface area (Å²) >= 11 is 0. The van der Waals surface area contributed by atoms with Gasteiger partial charge in [-0.25, -0.2) is 4.79 Å². The number of hydrogen-bond donors (Lipinski definition) is 1. The van der Waals surface area contributed by atoms with E-state index in [0.29, 0.717) is 18.8 Å². The summed E-state index contributed by atoms with van der Waals surface area (Å²) in [4.78, 5) is 38.8. The molecule has 0 aliphatic carbocycles. The molecule has 2 aromatic carbocycles. The summed E-state index contributed by atoms with van der Waals surface area (Å²) in [7, 11) is 0. The maximum atomic E-state index is 12.5. The fourth-order valence-electron chi connectivity index (χ4n) is 2.96. The van der Waals surface area contributed by atoms with Crippen LogP contribution >= 0.6 is 0 Å². The normalized spacial score (nSPS) is 10.4. The Hall–Kier alpha value is -3.87. The van der Waals surface area contributed by atoms with Gasteiger partial charge < -0.3 is 19.4 Å². The molecule has 1 aromatic heterocycles. The van der Waals surface area contributed by atoms with Crippen LogP contribution in [-0.4, -0.2) is 35.8 Å². The van der Waals surface area contributed by atoms with E-state index in [4.69, 9.17) is 9.15 Å². The van der Waals surface area contributed by atoms with E-state index in [1.54, 1.807) is 36.1 Å². The van der Waals surface area contributed by atoms with Crippen LogP contribution in [-0.2, 0) is 16.1 Å². The van der Waals surface area contributed by atoms with E-state index in [1.165, 1.54) is 12.3 Å². The third kappa shape index (κ3) is 5.82. The number of hydrogen-bond acceptors (Lipinski definition) is 5. The number of nitrogens with zero attached hydrogens (tertiary/aromatic N) is 1. The quantitative estimate of drug-likeness (QED) is 0.556. The first-order chi connectivity index (χ1) is 15.0. The monoisotopic (exact) mass is 420 g/mol. The van der Waals surface area contributed by atoms with Gasteiger partial charge in [0.1, 0.15) is 0 Å². The van der Waals surface area contributed by atoms with E-state index >= 15 is 0 Å². The van der Waals surface area contributed by atoms with Crippen molar-refractivity contribution in [1.82, 2.24) is 4.90 Å². The van der Waals surface area contributed by atoms with Crippen molar-refractivity contribution in [2.45, 2.75) is 20.4 Å². The van der Waals surface area contributed by atoms with E-state index in [0.717, 1.165) is 11.1 Å². The summed E-state index contributed by atoms with van der Waals surface area (Å²) in [5.41, 5.74) is 2.47. The molecule has 7 nitrogen and oxygen atoms in total. The average Bonchev–Trinajstić information content (AvgIpc) is 3.33. The summed E-state index contributed by atoms with van der Waals surface area (Å²) in [6.07, 6.45) is 1.41. The molecule has 0 radical (unpaired) electrons. The topological polar surface area (TPSA) is 88.9 Å². The first kappa shape index (κ1) is 21.8. The zero-order valence-corrected chi connectivity index (χ0v) is 17.5. The lowest BCUT2D eigenvalue weighted by molar-refractivity contribution is -0.134. The van der Waals surface area contributed by atoms with Crippen LogP contribution < -0.4 is 5.32 Å². The zero-order chi connectivity index (χ0) is 22.2. The minimum atomic E-state index is -0.641. The molecule has 0 bridgehead atoms. The lowest BCUT2D eigenvalue weighted by Gasteiger charge is -2.21. The Morgan fingerprint density at radius 2 is 1.81 bits per heavy atom. The number of anilines is 1. The van der Waals surface area contributed by atoms with Crippen LogP contribution in [0.3, 0.4) is 0 Å². The van der Waals surface area contributed by atoms with E-state index in [-0.39, 0.29) is 23.8 Å². The predicted octanol–water partition coefficient (Wildman–Crippen LogP) is 4.05. The van der Waals surface area contributed by atoms with Gasteiger partial charge in [0.25, 0.3) is 11.8 Å². The van der Waals surface area contributed by atoms with Crippen molar-refractivity contribution in [2.24, 2.45) is 0 Å². The SMILES string of the molecule is CCN(Cc1ccccc1)C(=O)COC(=O)c1ccc(C)c(NC(=O)c2ccco2)c1. The molecule has 2 amide bonds. The first-order valence-electron chi connectivity index (χ1n) is 9.92. The van der Waals surface area contributed by atoms with Crippen LogP contribution in [0.4, 0.5) is 5.69 Å². The standard InChI is InChI=1S/C24H24N2O5/c1-3-26(15-18-8-5-4-6-9-18)22(27)16-31-24(29)19-12-11-17(2)20(14-19)25-23(28)21-10-7-13-30-21/h4-14H,3,15-16H2,1-2H3,(H,25,28). The van der Waals surface area contributed by atoms with Crippen molar-refractivity contribution in [1.29, 1.82) is 0 Å². The van der Waals surface area contributed by atoms with Gasteiger partial charge >= 0.3 is 5.97 Å². The molecule has 7 heteroatoms. The molecule has 0 fully saturated rings. The predicted molar refractivity (Wildman–Crippen MR) is 116 cm³/mol. The van der Waals surface area contributed by atoms with Gasteiger partial charge in [0.05, 0.1) is 11.8 Å². The minimum Gasteiger partial charge on any atom is -0.459 e. The van der Waals surface area contributed by atoms with Gasteiger partial charge in [0.15, 0.2) is 12.4 Å². The number of carbonyl (C=O) groups is 3. The molecule has 3 rings (SSSR count). The molecule has 0 spiro atoms. The summed E-state index contributed by atoms with van der Waals surface area (Å²) in [6, 6.07) is 17.6. The largest absolute Gasteiger partial charge is 0.459 e. The van der Waals surface area contributed by atoms with Crippen molar-refractivity contribution in [2.75, 3.05) is 18.5 Å². The molecule has 0 aliphatic rings. The molecular weight excluding hydrogens is 396 g/mol. The van der Waals surface area contributed by atoms with Gasteiger partial charge in [0, 0.05) is 18.8 Å². The van der Waals surface area contributed by atoms with Gasteiger partial charge in [-0.15, -0.1) is 0 Å². The highest BCUT2D eigenvalue weighted by Crippen LogP contribution is 2.19. The van der Waals surface area contributed by atoms with E-state index < -0.39 is 11.9 Å². The Morgan fingerprint density at radius 3 is 2.48 bits per heavy atom. The molecule has 0 atom stereocenters. The number of furan rings is 1. The lowest BCUT2D eigenvalue weighted by atomic mass is 10.1. The van der Waals surface area contributed by atoms with E-state index in [1.807, 2.05) is 37.3 Å². The van der Waals surface area contributed by atoms with Crippen LogP contribution in [0, 0.1) is 6.92 Å². The van der Waals surface area contributed by atoms with Crippen LogP contribution in [0.5, 0.6) is 0 Å². The fraction of sp³-hybridized carbons (Fsp3) is 0.208. The molecule has 160 valence electrons. The Bertz CT molecular complexity index is 1050. The van der Waals surface area contributed by atoms with Crippen molar-refractivity contribution < 1.29 is 23.5 Å². The van der Waals surface area contributed by atoms with Gasteiger partial charge in [0.2, 0.25) is 0 Å². The molecule has 0 saturated carbocycles. The van der Waals surface area contributed by atoms with Crippen molar-refractivity contribution in [3.63, 3.8) is 0 Å². The molecular formula is C24H24N2O5. The van der Waals surface area contributed by atoms with Gasteiger partial charge in [-0.1, -0.05) is 36.4 Å². The highest BCUT2D eigenvalue weighted by molar-refractivity contribution is 6.03. The van der Waals surface area contributed by atoms with Crippen LogP contribution in [0.25, 0.3) is 0 Å². The minimum absolute atomic E-state index is 0.163. The third-order valence-electron chi connectivity index (χ3n) is 4.74. The lowest BCUT2D eigenvalue weighted by Crippen LogP contribution is -2.34. The second-order valence-corrected chi connectivity index (χ2v) is 6.93. The molecule has 0 aliphatic heterocycles. The fourth-order valence-corrected chi connectivity index (χ4v) is 2.96. The highest BCUT2D eigenvalue weighted by atomic mass is 16.5. The summed E-state index contributed by atoms with van der Waals surface area (Å²) in [5, 5.41) is 2.71. The number of amides is 2. The molecule has 1 heterocycles. The second kappa shape index (κ2) is 10.2. The second-order valence-electron chi connectivity index (χ2n) is 6.93. The number of rotatable bonds is 8. The molecule has 0 saturated heterocycles. The number of carbonyl (C=O) groups excluding carboxylic acids is 3. The molecule has 31 heavy (non-hydrogen) atoms. The third-order valence-corrected chi connectivity index (χ3v) is 4.74. The highest BCUT2D eigenvalue weighted by Gasteiger charge is 2.17. The Morgan fingerprint density at radius 1 is 1.03 bits per heavy atom. The number of benzene rings is 2. The Kier molecular flexibility index (Phi) is 7.22. The number of ether oxygens (including phenoxy) is 1. The average molecular weight is 420 g/mol. The summed E-state index contributed by atoms with van der Waals surface area (Å²) < 4.78 is 10.3. The van der Waals surface area contributed by atoms with Gasteiger partial charge in [-0.3, -0.25) is 9.59 Å². The summed E-state index contributed by atoms with van der Waals surface area (Å²) in [6.45, 7) is 4.26. The van der Waals surface area contributed by atoms with Crippen molar-refractivity contribution in [3.8, 4) is 0 Å². The number of likely N-dealkylation sites (N-methyl/N-ethyl adjacent to an activating group) is 1. The van der Waals surface area contributed by atoms with Crippen LogP contribution in [0.15, 0.2) is 71.3 Å². The Balaban J connectivity index is 1.60. The van der Waals surface area contributed by atoms with E-state index in [9.17, 15) is 14.4 Å². The first-order valence-corrected chi connectivity index (χ1v) is 9.92. The van der Waals surface area contributed by atoms with Crippen molar-refractivity contribution in [3.05, 3.63) is 89.4 Å². The smallest absolute Gasteiger partial charge is 0.338 e. The summed E-state index contributed by atoms with van der Waals surface area (Å²) in [5.74, 6) is -1.18. The van der Waals surface area contributed by atoms with Crippen LogP contribution in [0.1, 0.15) is 39.0 Å².